The first-order chi connectivity index (χ1) is 9.77. The normalized spacial score (nSPS) is 19.8. The number of benzene rings is 1. The minimum absolute atomic E-state index is 0.0126. The first-order valence-corrected chi connectivity index (χ1v) is 7.33. The van der Waals surface area contributed by atoms with Crippen LogP contribution in [0.2, 0.25) is 0 Å². The molecular formula is C16H23NO3. The molecule has 1 aromatic carbocycles. The van der Waals surface area contributed by atoms with E-state index >= 15 is 0 Å². The minimum Gasteiger partial charge on any atom is -0.374 e. The Morgan fingerprint density at radius 2 is 2.25 bits per heavy atom. The Bertz CT molecular complexity index is 401. The second-order valence-corrected chi connectivity index (χ2v) is 5.07. The third-order valence-corrected chi connectivity index (χ3v) is 3.48. The SMILES string of the molecule is CC(OCCCNC(=O)C1CCCO1)c1ccccc1. The zero-order valence-electron chi connectivity index (χ0n) is 12.0. The van der Waals surface area contributed by atoms with E-state index in [1.807, 2.05) is 25.1 Å². The summed E-state index contributed by atoms with van der Waals surface area (Å²) in [6.45, 7) is 4.03. The molecule has 0 aliphatic carbocycles. The van der Waals surface area contributed by atoms with Crippen molar-refractivity contribution in [1.29, 1.82) is 0 Å². The van der Waals surface area contributed by atoms with Crippen molar-refractivity contribution in [2.24, 2.45) is 0 Å². The number of rotatable bonds is 7. The maximum absolute atomic E-state index is 11.7. The van der Waals surface area contributed by atoms with Crippen LogP contribution in [0.3, 0.4) is 0 Å². The van der Waals surface area contributed by atoms with E-state index in [0.29, 0.717) is 19.8 Å². The topological polar surface area (TPSA) is 47.6 Å². The first kappa shape index (κ1) is 15.0. The highest BCUT2D eigenvalue weighted by molar-refractivity contribution is 5.80. The van der Waals surface area contributed by atoms with Crippen LogP contribution in [0.5, 0.6) is 0 Å². The van der Waals surface area contributed by atoms with E-state index in [4.69, 9.17) is 9.47 Å². The lowest BCUT2D eigenvalue weighted by Crippen LogP contribution is -2.35. The Balaban J connectivity index is 1.56. The summed E-state index contributed by atoms with van der Waals surface area (Å²) in [6, 6.07) is 10.1. The summed E-state index contributed by atoms with van der Waals surface area (Å²) in [5, 5.41) is 2.89. The molecule has 2 atom stereocenters. The van der Waals surface area contributed by atoms with Gasteiger partial charge in [0.2, 0.25) is 5.91 Å². The minimum atomic E-state index is -0.237. The maximum Gasteiger partial charge on any atom is 0.249 e. The predicted octanol–water partition coefficient (Wildman–Crippen LogP) is 2.45. The first-order valence-electron chi connectivity index (χ1n) is 7.33. The molecule has 1 heterocycles. The molecule has 4 nitrogen and oxygen atoms in total. The van der Waals surface area contributed by atoms with Gasteiger partial charge in [-0.25, -0.2) is 0 Å². The van der Waals surface area contributed by atoms with Crippen LogP contribution in [0.1, 0.15) is 37.9 Å². The van der Waals surface area contributed by atoms with Crippen molar-refractivity contribution in [2.75, 3.05) is 19.8 Å². The van der Waals surface area contributed by atoms with Crippen molar-refractivity contribution in [3.05, 3.63) is 35.9 Å². The molecule has 1 aliphatic heterocycles. The summed E-state index contributed by atoms with van der Waals surface area (Å²) >= 11 is 0. The number of nitrogens with one attached hydrogen (secondary N) is 1. The van der Waals surface area contributed by atoms with Gasteiger partial charge in [-0.1, -0.05) is 30.3 Å². The molecule has 1 saturated heterocycles. The molecule has 1 amide bonds. The smallest absolute Gasteiger partial charge is 0.249 e. The quantitative estimate of drug-likeness (QED) is 0.779. The van der Waals surface area contributed by atoms with Gasteiger partial charge in [0.25, 0.3) is 0 Å². The highest BCUT2D eigenvalue weighted by Crippen LogP contribution is 2.15. The number of ether oxygens (including phenoxy) is 2. The zero-order chi connectivity index (χ0) is 14.2. The number of carbonyl (C=O) groups excluding carboxylic acids is 1. The fourth-order valence-corrected chi connectivity index (χ4v) is 2.26. The lowest BCUT2D eigenvalue weighted by Gasteiger charge is -2.14. The molecule has 0 spiro atoms. The van der Waals surface area contributed by atoms with Crippen molar-refractivity contribution >= 4 is 5.91 Å². The Labute approximate surface area is 120 Å². The largest absolute Gasteiger partial charge is 0.374 e. The van der Waals surface area contributed by atoms with Crippen molar-refractivity contribution in [3.63, 3.8) is 0 Å². The van der Waals surface area contributed by atoms with E-state index in [1.165, 1.54) is 5.56 Å². The molecule has 1 fully saturated rings. The molecule has 110 valence electrons. The van der Waals surface area contributed by atoms with Crippen molar-refractivity contribution in [2.45, 2.75) is 38.4 Å². The van der Waals surface area contributed by atoms with E-state index in [2.05, 4.69) is 17.4 Å². The third kappa shape index (κ3) is 4.62. The van der Waals surface area contributed by atoms with E-state index in [-0.39, 0.29) is 18.1 Å². The molecule has 0 aromatic heterocycles. The predicted molar refractivity (Wildman–Crippen MR) is 77.4 cm³/mol. The summed E-state index contributed by atoms with van der Waals surface area (Å²) in [7, 11) is 0. The summed E-state index contributed by atoms with van der Waals surface area (Å²) in [5.74, 6) is 0.0126. The second kappa shape index (κ2) is 8.02. The summed E-state index contributed by atoms with van der Waals surface area (Å²) in [6.07, 6.45) is 2.49. The van der Waals surface area contributed by atoms with Crippen LogP contribution < -0.4 is 5.32 Å². The van der Waals surface area contributed by atoms with Crippen molar-refractivity contribution in [1.82, 2.24) is 5.32 Å². The summed E-state index contributed by atoms with van der Waals surface area (Å²) in [5.41, 5.74) is 1.18. The lowest BCUT2D eigenvalue weighted by molar-refractivity contribution is -0.130. The fraction of sp³-hybridized carbons (Fsp3) is 0.562. The molecule has 0 bridgehead atoms. The van der Waals surface area contributed by atoms with Gasteiger partial charge in [-0.05, 0) is 31.7 Å². The van der Waals surface area contributed by atoms with Crippen LogP contribution in [-0.2, 0) is 14.3 Å². The molecule has 0 radical (unpaired) electrons. The zero-order valence-corrected chi connectivity index (χ0v) is 12.0. The van der Waals surface area contributed by atoms with Crippen LogP contribution in [0.25, 0.3) is 0 Å². The van der Waals surface area contributed by atoms with Gasteiger partial charge >= 0.3 is 0 Å². The van der Waals surface area contributed by atoms with Crippen LogP contribution in [0, 0.1) is 0 Å². The van der Waals surface area contributed by atoms with Gasteiger partial charge in [0.15, 0.2) is 0 Å². The van der Waals surface area contributed by atoms with E-state index in [1.54, 1.807) is 0 Å². The Kier molecular flexibility index (Phi) is 6.02. The Morgan fingerprint density at radius 1 is 1.45 bits per heavy atom. The number of amides is 1. The van der Waals surface area contributed by atoms with Crippen LogP contribution in [0.4, 0.5) is 0 Å². The second-order valence-electron chi connectivity index (χ2n) is 5.07. The fourth-order valence-electron chi connectivity index (χ4n) is 2.26. The molecule has 20 heavy (non-hydrogen) atoms. The molecule has 2 rings (SSSR count). The highest BCUT2D eigenvalue weighted by atomic mass is 16.5. The van der Waals surface area contributed by atoms with Gasteiger partial charge in [-0.3, -0.25) is 4.79 Å². The average molecular weight is 277 g/mol. The van der Waals surface area contributed by atoms with Gasteiger partial charge in [-0.2, -0.15) is 0 Å². The average Bonchev–Trinajstić information content (AvgIpc) is 3.01. The molecule has 1 aromatic rings. The van der Waals surface area contributed by atoms with Crippen LogP contribution in [-0.4, -0.2) is 31.8 Å². The van der Waals surface area contributed by atoms with Gasteiger partial charge in [0.1, 0.15) is 6.10 Å². The van der Waals surface area contributed by atoms with Crippen LogP contribution in [0.15, 0.2) is 30.3 Å². The molecule has 0 saturated carbocycles. The summed E-state index contributed by atoms with van der Waals surface area (Å²) in [4.78, 5) is 11.7. The van der Waals surface area contributed by atoms with Gasteiger partial charge in [0.05, 0.1) is 6.10 Å². The lowest BCUT2D eigenvalue weighted by atomic mass is 10.1. The van der Waals surface area contributed by atoms with Gasteiger partial charge in [-0.15, -0.1) is 0 Å². The van der Waals surface area contributed by atoms with Gasteiger partial charge < -0.3 is 14.8 Å². The number of carbonyl (C=O) groups is 1. The number of hydrogen-bond donors (Lipinski definition) is 1. The summed E-state index contributed by atoms with van der Waals surface area (Å²) < 4.78 is 11.1. The Hall–Kier alpha value is -1.39. The monoisotopic (exact) mass is 277 g/mol. The third-order valence-electron chi connectivity index (χ3n) is 3.48. The van der Waals surface area contributed by atoms with Gasteiger partial charge in [0, 0.05) is 19.8 Å². The molecule has 1 N–H and O–H groups in total. The van der Waals surface area contributed by atoms with Crippen molar-refractivity contribution in [3.8, 4) is 0 Å². The van der Waals surface area contributed by atoms with E-state index in [9.17, 15) is 4.79 Å². The molecule has 4 heteroatoms. The Morgan fingerprint density at radius 3 is 2.95 bits per heavy atom. The van der Waals surface area contributed by atoms with Crippen molar-refractivity contribution < 1.29 is 14.3 Å². The molecular weight excluding hydrogens is 254 g/mol. The van der Waals surface area contributed by atoms with E-state index in [0.717, 1.165) is 19.3 Å². The maximum atomic E-state index is 11.7. The van der Waals surface area contributed by atoms with E-state index < -0.39 is 0 Å². The molecule has 1 aliphatic rings. The molecule has 2 unspecified atom stereocenters. The van der Waals surface area contributed by atoms with Crippen LogP contribution >= 0.6 is 0 Å². The standard InChI is InChI=1S/C16H23NO3/c1-13(14-7-3-2-4-8-14)19-12-6-10-17-16(18)15-9-5-11-20-15/h2-4,7-8,13,15H,5-6,9-12H2,1H3,(H,17,18). The highest BCUT2D eigenvalue weighted by Gasteiger charge is 2.22. The number of hydrogen-bond acceptors (Lipinski definition) is 3.